The van der Waals surface area contributed by atoms with Gasteiger partial charge in [0.1, 0.15) is 0 Å². The molecule has 2 radical (unpaired) electrons. The molecule has 0 unspecified atom stereocenters. The zero-order valence-electron chi connectivity index (χ0n) is 1.84. The van der Waals surface area contributed by atoms with Crippen LogP contribution in [0.15, 0.2) is 0 Å². The van der Waals surface area contributed by atoms with Crippen LogP contribution in [0.1, 0.15) is 0 Å². The molecule has 0 spiro atoms. The Labute approximate surface area is 75.6 Å². The molecule has 0 aliphatic rings. The van der Waals surface area contributed by atoms with Crippen LogP contribution in [0.4, 0.5) is 0 Å². The van der Waals surface area contributed by atoms with Gasteiger partial charge in [0.2, 0.25) is 0 Å². The quantitative estimate of drug-likeness (QED) is 0.224. The van der Waals surface area contributed by atoms with E-state index in [1.807, 2.05) is 0 Å². The molecule has 0 aromatic heterocycles. The molecule has 0 fully saturated rings. The Kier molecular flexibility index (Phi) is 24.0. The van der Waals surface area contributed by atoms with Gasteiger partial charge in [-0.05, 0) is 0 Å². The molecule has 0 aromatic rings. The Morgan fingerprint density at radius 3 is 1.25 bits per heavy atom. The van der Waals surface area contributed by atoms with Crippen LogP contribution in [-0.4, -0.2) is 27.3 Å². The molecule has 0 aliphatic carbocycles. The van der Waals surface area contributed by atoms with Crippen molar-refractivity contribution in [1.82, 2.24) is 0 Å². The van der Waals surface area contributed by atoms with Crippen LogP contribution >= 0.6 is 37.2 Å². The molecule has 4 heteroatoms. The zero-order chi connectivity index (χ0) is 2.71. The van der Waals surface area contributed by atoms with Crippen molar-refractivity contribution in [3.05, 3.63) is 0 Å². The summed E-state index contributed by atoms with van der Waals surface area (Å²) in [5.74, 6) is 0. The van der Waals surface area contributed by atoms with E-state index < -0.39 is 0 Å². The summed E-state index contributed by atoms with van der Waals surface area (Å²) in [5.41, 5.74) is 0. The second-order valence-electron chi connectivity index (χ2n) is 0.0540. The van der Waals surface area contributed by atoms with Crippen LogP contribution in [0, 0.1) is 0 Å². The summed E-state index contributed by atoms with van der Waals surface area (Å²) in [6.07, 6.45) is 0. The number of hydrogen-bond donors (Lipinski definition) is 0. The molecule has 0 rings (SSSR count). The fraction of sp³-hybridized carbons (Fsp3) is 0. The first kappa shape index (κ1) is 10.2. The Bertz CT molecular complexity index is 3.25. The number of hydrogen-bond acceptors (Lipinski definition) is 0. The standard InChI is InChI=1S/I3.Pb.2H/c1-3-2;;;/q-1;;;. The molecule has 0 saturated heterocycles. The van der Waals surface area contributed by atoms with Crippen LogP contribution in [0.2, 0.25) is 0 Å². The molecule has 0 atom stereocenters. The van der Waals surface area contributed by atoms with E-state index in [1.165, 1.54) is 0 Å². The molecule has 4 heavy (non-hydrogen) atoms. The summed E-state index contributed by atoms with van der Waals surface area (Å²) in [6, 6.07) is 0. The van der Waals surface area contributed by atoms with Crippen LogP contribution in [0.3, 0.4) is 0 Å². The van der Waals surface area contributed by atoms with Crippen LogP contribution in [0.5, 0.6) is 0 Å². The number of rotatable bonds is 0. The summed E-state index contributed by atoms with van der Waals surface area (Å²) < 4.78 is 0. The molecular weight excluding hydrogens is 588 g/mol. The SMILES string of the molecule is I[I-]I.[PbH2]. The molecule has 0 amide bonds. The van der Waals surface area contributed by atoms with E-state index in [2.05, 4.69) is 37.2 Å². The Morgan fingerprint density at radius 1 is 1.25 bits per heavy atom. The van der Waals surface area contributed by atoms with Gasteiger partial charge in [-0.15, -0.1) is 0 Å². The van der Waals surface area contributed by atoms with Gasteiger partial charge >= 0.3 is 77.8 Å². The Morgan fingerprint density at radius 2 is 1.25 bits per heavy atom. The second kappa shape index (κ2) is 9.45. The molecule has 0 nitrogen and oxygen atoms in total. The summed E-state index contributed by atoms with van der Waals surface area (Å²) in [7, 11) is 0. The molecule has 0 saturated carbocycles. The van der Waals surface area contributed by atoms with E-state index in [0.717, 1.165) is 0 Å². The van der Waals surface area contributed by atoms with Gasteiger partial charge in [0, 0.05) is 0 Å². The monoisotopic (exact) mass is 591 g/mol. The zero-order valence-corrected chi connectivity index (χ0v) is 13.8. The van der Waals surface area contributed by atoms with Gasteiger partial charge in [0.05, 0.1) is 0 Å². The van der Waals surface area contributed by atoms with Crippen molar-refractivity contribution in [2.45, 2.75) is 0 Å². The molecule has 0 aromatic carbocycles. The van der Waals surface area contributed by atoms with E-state index in [0.29, 0.717) is 13.3 Å². The van der Waals surface area contributed by atoms with E-state index in [4.69, 9.17) is 0 Å². The average Bonchev–Trinajstić information content (AvgIpc) is 0.918. The maximum atomic E-state index is 2.39. The molecule has 0 heterocycles. The van der Waals surface area contributed by atoms with Gasteiger partial charge in [-0.25, -0.2) is 0 Å². The first-order chi connectivity index (χ1) is 1.41. The Hall–Kier alpha value is 3.11. The maximum absolute atomic E-state index is 2.39. The average molecular weight is 590 g/mol. The van der Waals surface area contributed by atoms with Gasteiger partial charge in [-0.3, -0.25) is 0 Å². The van der Waals surface area contributed by atoms with Gasteiger partial charge in [0.15, 0.2) is 0 Å². The molecular formula is H2I3Pb-. The van der Waals surface area contributed by atoms with Crippen molar-refractivity contribution in [2.24, 2.45) is 0 Å². The first-order valence-electron chi connectivity index (χ1n) is 0.286. The second-order valence-corrected chi connectivity index (χ2v) is 16.3. The predicted octanol–water partition coefficient (Wildman–Crippen LogP) is -2.14. The minimum absolute atomic E-state index is 0. The molecule has 0 bridgehead atoms. The third-order valence-electron chi connectivity index (χ3n) is 0. The van der Waals surface area contributed by atoms with Crippen molar-refractivity contribution in [1.29, 1.82) is 0 Å². The topological polar surface area (TPSA) is 0 Å². The minimum atomic E-state index is 0. The van der Waals surface area contributed by atoms with Crippen LogP contribution in [-0.2, 0) is 0 Å². The summed E-state index contributed by atoms with van der Waals surface area (Å²) in [5, 5.41) is 0. The van der Waals surface area contributed by atoms with Crippen molar-refractivity contribution in [3.63, 3.8) is 0 Å². The van der Waals surface area contributed by atoms with Gasteiger partial charge in [-0.1, -0.05) is 0 Å². The summed E-state index contributed by atoms with van der Waals surface area (Å²) >= 11 is 5.30. The molecule has 28 valence electrons. The fourth-order valence-electron chi connectivity index (χ4n) is 0. The van der Waals surface area contributed by atoms with E-state index in [-0.39, 0.29) is 27.3 Å². The van der Waals surface area contributed by atoms with Crippen LogP contribution in [0.25, 0.3) is 0 Å². The third-order valence-corrected chi connectivity index (χ3v) is 0. The van der Waals surface area contributed by atoms with Crippen molar-refractivity contribution >= 4 is 64.5 Å². The fourth-order valence-corrected chi connectivity index (χ4v) is 0. The van der Waals surface area contributed by atoms with Crippen molar-refractivity contribution < 1.29 is 13.3 Å². The molecule has 0 N–H and O–H groups in total. The van der Waals surface area contributed by atoms with Gasteiger partial charge < -0.3 is 0 Å². The number of halogens is 3. The van der Waals surface area contributed by atoms with Gasteiger partial charge in [0.25, 0.3) is 0 Å². The van der Waals surface area contributed by atoms with Gasteiger partial charge in [-0.2, -0.15) is 0 Å². The van der Waals surface area contributed by atoms with Crippen LogP contribution < -0.4 is 13.3 Å². The van der Waals surface area contributed by atoms with Crippen molar-refractivity contribution in [2.75, 3.05) is 0 Å². The third kappa shape index (κ3) is 8.93. The summed E-state index contributed by atoms with van der Waals surface area (Å²) in [4.78, 5) is 0. The predicted molar refractivity (Wildman–Crippen MR) is 36.6 cm³/mol. The summed E-state index contributed by atoms with van der Waals surface area (Å²) in [6.45, 7) is 0. The Balaban J connectivity index is 0. The first-order valence-corrected chi connectivity index (χ1v) is 12.9. The normalized spacial score (nSPS) is 5.50. The van der Waals surface area contributed by atoms with E-state index in [1.54, 1.807) is 0 Å². The van der Waals surface area contributed by atoms with E-state index >= 15 is 0 Å². The van der Waals surface area contributed by atoms with E-state index in [9.17, 15) is 0 Å². The van der Waals surface area contributed by atoms with Crippen molar-refractivity contribution in [3.8, 4) is 0 Å². The molecule has 0 aliphatic heterocycles.